The van der Waals surface area contributed by atoms with Gasteiger partial charge in [-0.1, -0.05) is 0 Å². The second kappa shape index (κ2) is 7.48. The maximum atomic E-state index is 12.9. The molecule has 0 spiro atoms. The lowest BCUT2D eigenvalue weighted by Crippen LogP contribution is -2.41. The fourth-order valence-corrected chi connectivity index (χ4v) is 4.59. The van der Waals surface area contributed by atoms with Crippen molar-refractivity contribution < 1.29 is 14.4 Å². The molecule has 0 unspecified atom stereocenters. The zero-order valence-electron chi connectivity index (χ0n) is 16.6. The summed E-state index contributed by atoms with van der Waals surface area (Å²) < 4.78 is 0. The van der Waals surface area contributed by atoms with E-state index < -0.39 is 0 Å². The van der Waals surface area contributed by atoms with E-state index in [9.17, 15) is 14.4 Å². The molecule has 2 fully saturated rings. The molecule has 0 aliphatic carbocycles. The van der Waals surface area contributed by atoms with Gasteiger partial charge in [0, 0.05) is 64.2 Å². The van der Waals surface area contributed by atoms with Crippen molar-refractivity contribution in [1.82, 2.24) is 24.7 Å². The fraction of sp³-hybridized carbons (Fsp3) is 0.650. The molecule has 0 bridgehead atoms. The van der Waals surface area contributed by atoms with E-state index in [-0.39, 0.29) is 29.7 Å². The van der Waals surface area contributed by atoms with E-state index in [0.29, 0.717) is 44.8 Å². The summed E-state index contributed by atoms with van der Waals surface area (Å²) in [5, 5.41) is 0. The van der Waals surface area contributed by atoms with Gasteiger partial charge in [-0.25, -0.2) is 9.97 Å². The molecule has 2 saturated heterocycles. The van der Waals surface area contributed by atoms with Crippen LogP contribution in [0.5, 0.6) is 0 Å². The molecule has 3 amide bonds. The number of fused-ring (bicyclic) bond motifs is 1. The van der Waals surface area contributed by atoms with Crippen molar-refractivity contribution in [3.63, 3.8) is 0 Å². The Morgan fingerprint density at radius 1 is 1.29 bits per heavy atom. The monoisotopic (exact) mass is 385 g/mol. The summed E-state index contributed by atoms with van der Waals surface area (Å²) in [4.78, 5) is 51.4. The van der Waals surface area contributed by atoms with Crippen LogP contribution in [0.1, 0.15) is 56.2 Å². The van der Waals surface area contributed by atoms with Crippen molar-refractivity contribution in [2.45, 2.75) is 52.1 Å². The summed E-state index contributed by atoms with van der Waals surface area (Å²) in [5.74, 6) is 0.659. The Bertz CT molecular complexity index is 811. The Hall–Kier alpha value is -2.51. The molecular weight excluding hydrogens is 358 g/mol. The number of aromatic nitrogens is 2. The maximum absolute atomic E-state index is 12.9. The van der Waals surface area contributed by atoms with Crippen LogP contribution < -0.4 is 0 Å². The molecule has 4 heterocycles. The minimum Gasteiger partial charge on any atom is -0.342 e. The number of carbonyl (C=O) groups excluding carboxylic acids is 3. The Kier molecular flexibility index (Phi) is 5.03. The molecule has 3 aliphatic heterocycles. The minimum atomic E-state index is -0.239. The van der Waals surface area contributed by atoms with Gasteiger partial charge in [0.05, 0.1) is 17.7 Å². The Balaban J connectivity index is 1.46. The van der Waals surface area contributed by atoms with Crippen LogP contribution in [0.15, 0.2) is 6.20 Å². The summed E-state index contributed by atoms with van der Waals surface area (Å²) in [6, 6.07) is -0.0352. The van der Waals surface area contributed by atoms with Gasteiger partial charge in [-0.05, 0) is 19.8 Å². The van der Waals surface area contributed by atoms with Crippen LogP contribution in [0.25, 0.3) is 0 Å². The third-order valence-corrected chi connectivity index (χ3v) is 6.17. The van der Waals surface area contributed by atoms with Gasteiger partial charge in [-0.2, -0.15) is 0 Å². The Morgan fingerprint density at radius 2 is 2.11 bits per heavy atom. The predicted octanol–water partition coefficient (Wildman–Crippen LogP) is 0.913. The highest BCUT2D eigenvalue weighted by Gasteiger charge is 2.37. The highest BCUT2D eigenvalue weighted by molar-refractivity contribution is 5.89. The molecule has 1 aromatic rings. The summed E-state index contributed by atoms with van der Waals surface area (Å²) in [6.45, 7) is 6.57. The van der Waals surface area contributed by atoms with Gasteiger partial charge in [0.25, 0.3) is 0 Å². The van der Waals surface area contributed by atoms with E-state index in [4.69, 9.17) is 4.98 Å². The van der Waals surface area contributed by atoms with Crippen LogP contribution in [0.2, 0.25) is 0 Å². The second-order valence-corrected chi connectivity index (χ2v) is 7.91. The number of amides is 3. The number of hydrogen-bond acceptors (Lipinski definition) is 5. The Morgan fingerprint density at radius 3 is 2.82 bits per heavy atom. The molecular formula is C20H27N5O3. The molecule has 0 N–H and O–H groups in total. The van der Waals surface area contributed by atoms with Gasteiger partial charge >= 0.3 is 0 Å². The summed E-state index contributed by atoms with van der Waals surface area (Å²) >= 11 is 0. The lowest BCUT2D eigenvalue weighted by molar-refractivity contribution is -0.136. The summed E-state index contributed by atoms with van der Waals surface area (Å²) in [5.41, 5.74) is 1.94. The topological polar surface area (TPSA) is 86.7 Å². The average Bonchev–Trinajstić information content (AvgIpc) is 3.33. The van der Waals surface area contributed by atoms with Gasteiger partial charge in [-0.15, -0.1) is 0 Å². The van der Waals surface area contributed by atoms with Gasteiger partial charge < -0.3 is 14.7 Å². The molecule has 28 heavy (non-hydrogen) atoms. The quantitative estimate of drug-likeness (QED) is 0.772. The molecule has 8 nitrogen and oxygen atoms in total. The van der Waals surface area contributed by atoms with Gasteiger partial charge in [0.1, 0.15) is 0 Å². The van der Waals surface area contributed by atoms with Crippen molar-refractivity contribution in [1.29, 1.82) is 0 Å². The predicted molar refractivity (Wildman–Crippen MR) is 101 cm³/mol. The zero-order chi connectivity index (χ0) is 19.8. The molecule has 150 valence electrons. The first-order valence-electron chi connectivity index (χ1n) is 10.2. The SMILES string of the molecule is CCN1C[C@H](C(=O)N2CCc3nc([C@@H]4CCCN4C(C)=O)ncc3C2)CC1=O. The molecule has 2 atom stereocenters. The maximum Gasteiger partial charge on any atom is 0.228 e. The first-order valence-corrected chi connectivity index (χ1v) is 10.2. The van der Waals surface area contributed by atoms with Gasteiger partial charge in [-0.3, -0.25) is 14.4 Å². The number of likely N-dealkylation sites (tertiary alicyclic amines) is 2. The molecule has 4 rings (SSSR count). The molecule has 8 heteroatoms. The smallest absolute Gasteiger partial charge is 0.228 e. The van der Waals surface area contributed by atoms with E-state index in [1.165, 1.54) is 0 Å². The zero-order valence-corrected chi connectivity index (χ0v) is 16.6. The van der Waals surface area contributed by atoms with Crippen molar-refractivity contribution in [2.24, 2.45) is 5.92 Å². The third kappa shape index (κ3) is 3.36. The van der Waals surface area contributed by atoms with E-state index in [0.717, 1.165) is 30.6 Å². The molecule has 0 saturated carbocycles. The van der Waals surface area contributed by atoms with Crippen molar-refractivity contribution in [3.8, 4) is 0 Å². The second-order valence-electron chi connectivity index (χ2n) is 7.91. The number of nitrogens with zero attached hydrogens (tertiary/aromatic N) is 5. The van der Waals surface area contributed by atoms with Crippen LogP contribution in [-0.4, -0.2) is 68.6 Å². The average molecular weight is 385 g/mol. The van der Waals surface area contributed by atoms with Crippen molar-refractivity contribution in [2.75, 3.05) is 26.2 Å². The summed E-state index contributed by atoms with van der Waals surface area (Å²) in [6.07, 6.45) is 4.68. The molecule has 0 radical (unpaired) electrons. The van der Waals surface area contributed by atoms with Crippen LogP contribution >= 0.6 is 0 Å². The normalized spacial score (nSPS) is 24.6. The minimum absolute atomic E-state index is 0.0352. The fourth-order valence-electron chi connectivity index (χ4n) is 4.59. The summed E-state index contributed by atoms with van der Waals surface area (Å²) in [7, 11) is 0. The van der Waals surface area contributed by atoms with E-state index >= 15 is 0 Å². The van der Waals surface area contributed by atoms with Gasteiger partial charge in [0.15, 0.2) is 5.82 Å². The van der Waals surface area contributed by atoms with Crippen LogP contribution in [-0.2, 0) is 27.3 Å². The Labute approximate surface area is 164 Å². The van der Waals surface area contributed by atoms with Crippen molar-refractivity contribution in [3.05, 3.63) is 23.3 Å². The van der Waals surface area contributed by atoms with E-state index in [2.05, 4.69) is 4.98 Å². The highest BCUT2D eigenvalue weighted by Crippen LogP contribution is 2.31. The van der Waals surface area contributed by atoms with Crippen LogP contribution in [0, 0.1) is 5.92 Å². The van der Waals surface area contributed by atoms with Crippen LogP contribution in [0.3, 0.4) is 0 Å². The molecule has 1 aromatic heterocycles. The number of hydrogen-bond donors (Lipinski definition) is 0. The molecule has 0 aromatic carbocycles. The number of rotatable bonds is 3. The largest absolute Gasteiger partial charge is 0.342 e. The van der Waals surface area contributed by atoms with Gasteiger partial charge in [0.2, 0.25) is 17.7 Å². The first-order chi connectivity index (χ1) is 13.5. The standard InChI is InChI=1S/C20H27N5O3/c1-3-23-11-14(9-18(23)27)20(28)24-8-6-16-15(12-24)10-21-19(22-16)17-5-4-7-25(17)13(2)26/h10,14,17H,3-9,11-12H2,1-2H3/t14-,17+/m1/s1. The van der Waals surface area contributed by atoms with E-state index in [1.54, 1.807) is 11.8 Å². The van der Waals surface area contributed by atoms with E-state index in [1.807, 2.05) is 22.9 Å². The lowest BCUT2D eigenvalue weighted by Gasteiger charge is -2.31. The highest BCUT2D eigenvalue weighted by atomic mass is 16.2. The van der Waals surface area contributed by atoms with Crippen molar-refractivity contribution >= 4 is 17.7 Å². The molecule has 3 aliphatic rings. The van der Waals surface area contributed by atoms with Crippen LogP contribution in [0.4, 0.5) is 0 Å². The third-order valence-electron chi connectivity index (χ3n) is 6.17. The lowest BCUT2D eigenvalue weighted by atomic mass is 10.0. The number of carbonyl (C=O) groups is 3. The first kappa shape index (κ1) is 18.8.